The molecule has 1 heterocycles. The summed E-state index contributed by atoms with van der Waals surface area (Å²) in [5.74, 6) is -0.673. The van der Waals surface area contributed by atoms with Gasteiger partial charge in [0.15, 0.2) is 11.6 Å². The van der Waals surface area contributed by atoms with Crippen LogP contribution in [0.5, 0.6) is 5.75 Å². The Hall–Kier alpha value is -1.89. The molecule has 0 saturated carbocycles. The topological polar surface area (TPSA) is 75.8 Å². The number of nitro benzene ring substituents is 1. The molecule has 1 aromatic rings. The molecule has 0 atom stereocenters. The summed E-state index contributed by atoms with van der Waals surface area (Å²) >= 11 is 0. The molecule has 110 valence electrons. The van der Waals surface area contributed by atoms with Crippen molar-refractivity contribution in [2.45, 2.75) is 25.4 Å². The minimum Gasteiger partial charge on any atom is -0.490 e. The summed E-state index contributed by atoms with van der Waals surface area (Å²) in [6.07, 6.45) is 1.49. The lowest BCUT2D eigenvalue weighted by atomic mass is 9.88. The molecule has 6 nitrogen and oxygen atoms in total. The molecule has 0 bridgehead atoms. The number of benzene rings is 1. The Bertz CT molecular complexity index is 529. The van der Waals surface area contributed by atoms with Crippen LogP contribution in [-0.4, -0.2) is 35.8 Å². The highest BCUT2D eigenvalue weighted by atomic mass is 19.1. The van der Waals surface area contributed by atoms with Gasteiger partial charge in [0.1, 0.15) is 0 Å². The lowest BCUT2D eigenvalue weighted by molar-refractivity contribution is -0.385. The van der Waals surface area contributed by atoms with Crippen molar-refractivity contribution in [2.75, 3.05) is 25.1 Å². The fourth-order valence-electron chi connectivity index (χ4n) is 2.54. The van der Waals surface area contributed by atoms with E-state index in [1.807, 2.05) is 6.92 Å². The maximum Gasteiger partial charge on any atom is 0.313 e. The number of aliphatic hydroxyl groups is 1. The third kappa shape index (κ3) is 2.53. The number of ether oxygens (including phenoxy) is 1. The molecule has 20 heavy (non-hydrogen) atoms. The Morgan fingerprint density at radius 2 is 2.20 bits per heavy atom. The van der Waals surface area contributed by atoms with Crippen molar-refractivity contribution >= 4 is 11.4 Å². The van der Waals surface area contributed by atoms with Crippen LogP contribution in [0.15, 0.2) is 12.1 Å². The van der Waals surface area contributed by atoms with E-state index in [0.717, 1.165) is 12.5 Å². The number of halogens is 1. The molecule has 1 N–H and O–H groups in total. The highest BCUT2D eigenvalue weighted by Crippen LogP contribution is 2.38. The summed E-state index contributed by atoms with van der Waals surface area (Å²) in [4.78, 5) is 11.8. The average Bonchev–Trinajstić information content (AvgIpc) is 2.35. The number of β-amino-alcohol motifs (C(OH)–C–C–N with tert-alkyl or cyclic N) is 1. The molecule has 7 heteroatoms. The molecule has 1 aliphatic rings. The molecule has 1 aromatic carbocycles. The summed E-state index contributed by atoms with van der Waals surface area (Å²) in [6.45, 7) is 2.60. The molecule has 0 amide bonds. The molecular weight excluding hydrogens is 267 g/mol. The second-order valence-electron chi connectivity index (χ2n) is 5.06. The van der Waals surface area contributed by atoms with Gasteiger partial charge in [-0.25, -0.2) is 4.39 Å². The first-order chi connectivity index (χ1) is 9.40. The van der Waals surface area contributed by atoms with E-state index in [1.165, 1.54) is 13.2 Å². The maximum absolute atomic E-state index is 14.0. The van der Waals surface area contributed by atoms with E-state index in [4.69, 9.17) is 4.74 Å². The van der Waals surface area contributed by atoms with Crippen molar-refractivity contribution in [3.05, 3.63) is 28.1 Å². The van der Waals surface area contributed by atoms with E-state index in [9.17, 15) is 19.6 Å². The molecular formula is C13H17FN2O4. The van der Waals surface area contributed by atoms with Crippen molar-refractivity contribution in [1.82, 2.24) is 0 Å². The molecule has 1 aliphatic heterocycles. The quantitative estimate of drug-likeness (QED) is 0.662. The van der Waals surface area contributed by atoms with Gasteiger partial charge >= 0.3 is 5.69 Å². The minimum absolute atomic E-state index is 0.0114. The Morgan fingerprint density at radius 1 is 1.55 bits per heavy atom. The molecule has 0 radical (unpaired) electrons. The van der Waals surface area contributed by atoms with Crippen LogP contribution >= 0.6 is 0 Å². The SMILES string of the molecule is CCCC1(O)CN(c2cc(OC)c([N+](=O)[O-])cc2F)C1. The van der Waals surface area contributed by atoms with Crippen LogP contribution in [0.2, 0.25) is 0 Å². The number of methoxy groups -OCH3 is 1. The van der Waals surface area contributed by atoms with Crippen molar-refractivity contribution < 1.29 is 19.2 Å². The zero-order valence-electron chi connectivity index (χ0n) is 11.4. The second kappa shape index (κ2) is 5.24. The van der Waals surface area contributed by atoms with E-state index in [-0.39, 0.29) is 11.4 Å². The first kappa shape index (κ1) is 14.5. The maximum atomic E-state index is 14.0. The summed E-state index contributed by atoms with van der Waals surface area (Å²) in [5, 5.41) is 20.9. The van der Waals surface area contributed by atoms with Gasteiger partial charge in [-0.3, -0.25) is 10.1 Å². The number of nitrogens with zero attached hydrogens (tertiary/aromatic N) is 2. The number of anilines is 1. The molecule has 1 fully saturated rings. The summed E-state index contributed by atoms with van der Waals surface area (Å²) in [6, 6.07) is 2.16. The smallest absolute Gasteiger partial charge is 0.313 e. The van der Waals surface area contributed by atoms with Crippen LogP contribution in [0.4, 0.5) is 15.8 Å². The molecule has 2 rings (SSSR count). The normalized spacial score (nSPS) is 16.7. The highest BCUT2D eigenvalue weighted by molar-refractivity contribution is 5.62. The van der Waals surface area contributed by atoms with Crippen molar-refractivity contribution in [3.8, 4) is 5.75 Å². The summed E-state index contributed by atoms with van der Waals surface area (Å²) in [5.41, 5.74) is -0.984. The summed E-state index contributed by atoms with van der Waals surface area (Å²) < 4.78 is 18.9. The van der Waals surface area contributed by atoms with Crippen molar-refractivity contribution in [3.63, 3.8) is 0 Å². The number of hydrogen-bond donors (Lipinski definition) is 1. The van der Waals surface area contributed by atoms with E-state index in [0.29, 0.717) is 19.5 Å². The van der Waals surface area contributed by atoms with Gasteiger partial charge in [0.2, 0.25) is 0 Å². The molecule has 0 aromatic heterocycles. The Kier molecular flexibility index (Phi) is 3.80. The third-order valence-electron chi connectivity index (χ3n) is 3.47. The standard InChI is InChI=1S/C13H17FN2O4/c1-3-4-13(17)7-15(8-13)10-6-12(20-2)11(16(18)19)5-9(10)14/h5-6,17H,3-4,7-8H2,1-2H3. The first-order valence-corrected chi connectivity index (χ1v) is 6.39. The van der Waals surface area contributed by atoms with Gasteiger partial charge in [0.05, 0.1) is 29.4 Å². The van der Waals surface area contributed by atoms with Crippen LogP contribution in [0, 0.1) is 15.9 Å². The lowest BCUT2D eigenvalue weighted by Crippen LogP contribution is -2.62. The number of nitro groups is 1. The second-order valence-corrected chi connectivity index (χ2v) is 5.06. The van der Waals surface area contributed by atoms with E-state index < -0.39 is 22.0 Å². The molecule has 0 aliphatic carbocycles. The predicted octanol–water partition coefficient (Wildman–Crippen LogP) is 2.09. The number of hydrogen-bond acceptors (Lipinski definition) is 5. The Labute approximate surface area is 115 Å². The fourth-order valence-corrected chi connectivity index (χ4v) is 2.54. The van der Waals surface area contributed by atoms with E-state index in [2.05, 4.69) is 0 Å². The van der Waals surface area contributed by atoms with Crippen LogP contribution in [-0.2, 0) is 0 Å². The number of rotatable bonds is 5. The monoisotopic (exact) mass is 284 g/mol. The van der Waals surface area contributed by atoms with Gasteiger partial charge in [-0.2, -0.15) is 0 Å². The van der Waals surface area contributed by atoms with Gasteiger partial charge in [-0.05, 0) is 6.42 Å². The van der Waals surface area contributed by atoms with E-state index >= 15 is 0 Å². The first-order valence-electron chi connectivity index (χ1n) is 6.39. The van der Waals surface area contributed by atoms with Crippen molar-refractivity contribution in [2.24, 2.45) is 0 Å². The fraction of sp³-hybridized carbons (Fsp3) is 0.538. The highest BCUT2D eigenvalue weighted by Gasteiger charge is 2.41. The minimum atomic E-state index is -0.795. The lowest BCUT2D eigenvalue weighted by Gasteiger charge is -2.48. The van der Waals surface area contributed by atoms with Crippen LogP contribution in [0.25, 0.3) is 0 Å². The zero-order valence-corrected chi connectivity index (χ0v) is 11.4. The average molecular weight is 284 g/mol. The van der Waals surface area contributed by atoms with Gasteiger partial charge in [0.25, 0.3) is 0 Å². The summed E-state index contributed by atoms with van der Waals surface area (Å²) in [7, 11) is 1.30. The largest absolute Gasteiger partial charge is 0.490 e. The molecule has 0 unspecified atom stereocenters. The van der Waals surface area contributed by atoms with Crippen LogP contribution < -0.4 is 9.64 Å². The van der Waals surface area contributed by atoms with Gasteiger partial charge < -0.3 is 14.7 Å². The van der Waals surface area contributed by atoms with Gasteiger partial charge in [-0.1, -0.05) is 13.3 Å². The Morgan fingerprint density at radius 3 is 2.70 bits per heavy atom. The zero-order chi connectivity index (χ0) is 14.9. The third-order valence-corrected chi connectivity index (χ3v) is 3.47. The molecule has 1 saturated heterocycles. The predicted molar refractivity (Wildman–Crippen MR) is 71.7 cm³/mol. The van der Waals surface area contributed by atoms with Gasteiger partial charge in [0, 0.05) is 19.2 Å². The van der Waals surface area contributed by atoms with Crippen molar-refractivity contribution in [1.29, 1.82) is 0 Å². The van der Waals surface area contributed by atoms with Crippen LogP contribution in [0.3, 0.4) is 0 Å². The Balaban J connectivity index is 2.24. The van der Waals surface area contributed by atoms with E-state index in [1.54, 1.807) is 4.90 Å². The van der Waals surface area contributed by atoms with Gasteiger partial charge in [-0.15, -0.1) is 0 Å². The van der Waals surface area contributed by atoms with Crippen LogP contribution in [0.1, 0.15) is 19.8 Å². The molecule has 0 spiro atoms.